The molecule has 0 spiro atoms. The van der Waals surface area contributed by atoms with Gasteiger partial charge < -0.3 is 0 Å². The predicted molar refractivity (Wildman–Crippen MR) is 64.2 cm³/mol. The van der Waals surface area contributed by atoms with Gasteiger partial charge >= 0.3 is 0 Å². The highest BCUT2D eigenvalue weighted by Crippen LogP contribution is 2.29. The number of hydrogen-bond acceptors (Lipinski definition) is 1. The van der Waals surface area contributed by atoms with Crippen LogP contribution >= 0.6 is 15.9 Å². The summed E-state index contributed by atoms with van der Waals surface area (Å²) in [6.45, 7) is 0. The fourth-order valence-electron chi connectivity index (χ4n) is 1.54. The molecular weight excluding hydrogens is 288 g/mol. The molecular formula is C13H6BrF2N. The quantitative estimate of drug-likeness (QED) is 0.770. The fourth-order valence-corrected chi connectivity index (χ4v) is 1.90. The van der Waals surface area contributed by atoms with Crippen molar-refractivity contribution in [2.75, 3.05) is 0 Å². The summed E-state index contributed by atoms with van der Waals surface area (Å²) >= 11 is 3.22. The van der Waals surface area contributed by atoms with Gasteiger partial charge in [-0.1, -0.05) is 15.9 Å². The van der Waals surface area contributed by atoms with E-state index in [2.05, 4.69) is 15.9 Å². The van der Waals surface area contributed by atoms with Gasteiger partial charge in [0.05, 0.1) is 11.6 Å². The minimum atomic E-state index is -0.502. The molecule has 0 atom stereocenters. The lowest BCUT2D eigenvalue weighted by Gasteiger charge is -2.06. The van der Waals surface area contributed by atoms with E-state index in [0.29, 0.717) is 4.47 Å². The van der Waals surface area contributed by atoms with Crippen molar-refractivity contribution in [1.82, 2.24) is 0 Å². The summed E-state index contributed by atoms with van der Waals surface area (Å²) < 4.78 is 27.5. The summed E-state index contributed by atoms with van der Waals surface area (Å²) in [7, 11) is 0. The zero-order chi connectivity index (χ0) is 12.4. The van der Waals surface area contributed by atoms with Crippen molar-refractivity contribution < 1.29 is 8.78 Å². The topological polar surface area (TPSA) is 23.8 Å². The number of hydrogen-bond donors (Lipinski definition) is 0. The molecule has 0 N–H and O–H groups in total. The van der Waals surface area contributed by atoms with Crippen LogP contribution in [0.15, 0.2) is 40.9 Å². The second kappa shape index (κ2) is 4.64. The molecule has 0 bridgehead atoms. The van der Waals surface area contributed by atoms with E-state index < -0.39 is 11.6 Å². The molecule has 0 fully saturated rings. The molecule has 2 rings (SSSR count). The number of nitrogens with zero attached hydrogens (tertiary/aromatic N) is 1. The third kappa shape index (κ3) is 2.34. The van der Waals surface area contributed by atoms with E-state index in [-0.39, 0.29) is 16.7 Å². The monoisotopic (exact) mass is 293 g/mol. The Hall–Kier alpha value is -1.73. The van der Waals surface area contributed by atoms with Crippen LogP contribution in [0, 0.1) is 23.0 Å². The van der Waals surface area contributed by atoms with Gasteiger partial charge in [0.25, 0.3) is 0 Å². The number of rotatable bonds is 1. The summed E-state index contributed by atoms with van der Waals surface area (Å²) in [6.07, 6.45) is 0. The number of benzene rings is 2. The van der Waals surface area contributed by atoms with Gasteiger partial charge in [-0.25, -0.2) is 8.78 Å². The molecule has 0 unspecified atom stereocenters. The zero-order valence-electron chi connectivity index (χ0n) is 8.55. The minimum Gasteiger partial charge on any atom is -0.207 e. The lowest BCUT2D eigenvalue weighted by molar-refractivity contribution is 0.624. The van der Waals surface area contributed by atoms with Crippen LogP contribution in [0.25, 0.3) is 11.1 Å². The maximum absolute atomic E-state index is 13.7. The van der Waals surface area contributed by atoms with Crippen LogP contribution in [0.2, 0.25) is 0 Å². The van der Waals surface area contributed by atoms with Crippen molar-refractivity contribution in [3.63, 3.8) is 0 Å². The summed E-state index contributed by atoms with van der Waals surface area (Å²) in [5, 5.41) is 8.92. The summed E-state index contributed by atoms with van der Waals surface area (Å²) in [6, 6.07) is 9.93. The molecule has 17 heavy (non-hydrogen) atoms. The van der Waals surface area contributed by atoms with Gasteiger partial charge in [0, 0.05) is 15.6 Å². The molecule has 0 aliphatic heterocycles. The summed E-state index contributed by atoms with van der Waals surface area (Å²) in [5.74, 6) is -0.992. The van der Waals surface area contributed by atoms with Crippen LogP contribution in [0.4, 0.5) is 8.78 Å². The van der Waals surface area contributed by atoms with Crippen LogP contribution in [0.3, 0.4) is 0 Å². The van der Waals surface area contributed by atoms with Crippen LogP contribution in [0.5, 0.6) is 0 Å². The van der Waals surface area contributed by atoms with E-state index in [0.717, 1.165) is 6.07 Å². The van der Waals surface area contributed by atoms with Crippen molar-refractivity contribution >= 4 is 15.9 Å². The van der Waals surface area contributed by atoms with Crippen LogP contribution in [0.1, 0.15) is 5.56 Å². The maximum Gasteiger partial charge on any atom is 0.131 e. The lowest BCUT2D eigenvalue weighted by Crippen LogP contribution is -1.90. The van der Waals surface area contributed by atoms with Gasteiger partial charge in [-0.3, -0.25) is 0 Å². The molecule has 2 aromatic carbocycles. The van der Waals surface area contributed by atoms with Gasteiger partial charge in [0.2, 0.25) is 0 Å². The van der Waals surface area contributed by atoms with E-state index in [1.165, 1.54) is 24.3 Å². The Morgan fingerprint density at radius 2 is 1.76 bits per heavy atom. The second-order valence-electron chi connectivity index (χ2n) is 3.43. The molecule has 84 valence electrons. The Morgan fingerprint density at radius 1 is 1.00 bits per heavy atom. The Morgan fingerprint density at radius 3 is 2.47 bits per heavy atom. The molecule has 1 nitrogen and oxygen atoms in total. The standard InChI is InChI=1S/C13H6BrF2N/c14-9-2-4-13(16)12(5-9)11-6-10(15)3-1-8(11)7-17/h1-6H. The number of nitriles is 1. The molecule has 0 radical (unpaired) electrons. The highest BCUT2D eigenvalue weighted by Gasteiger charge is 2.11. The predicted octanol–water partition coefficient (Wildman–Crippen LogP) is 4.27. The fraction of sp³-hybridized carbons (Fsp3) is 0. The van der Waals surface area contributed by atoms with Gasteiger partial charge in [0.15, 0.2) is 0 Å². The third-order valence-corrected chi connectivity index (χ3v) is 2.81. The van der Waals surface area contributed by atoms with Crippen LogP contribution < -0.4 is 0 Å². The largest absolute Gasteiger partial charge is 0.207 e. The lowest BCUT2D eigenvalue weighted by atomic mass is 10.00. The molecule has 2 aromatic rings. The van der Waals surface area contributed by atoms with Crippen LogP contribution in [-0.2, 0) is 0 Å². The smallest absolute Gasteiger partial charge is 0.131 e. The molecule has 0 saturated heterocycles. The average molecular weight is 294 g/mol. The Kier molecular flexibility index (Phi) is 3.21. The number of halogens is 3. The van der Waals surface area contributed by atoms with Gasteiger partial charge in [0.1, 0.15) is 11.6 Å². The van der Waals surface area contributed by atoms with Crippen molar-refractivity contribution in [2.45, 2.75) is 0 Å². The molecule has 0 aliphatic carbocycles. The van der Waals surface area contributed by atoms with E-state index >= 15 is 0 Å². The van der Waals surface area contributed by atoms with Crippen LogP contribution in [-0.4, -0.2) is 0 Å². The van der Waals surface area contributed by atoms with E-state index in [4.69, 9.17) is 5.26 Å². The van der Waals surface area contributed by atoms with E-state index in [1.807, 2.05) is 6.07 Å². The normalized spacial score (nSPS) is 10.0. The molecule has 0 aromatic heterocycles. The molecule has 4 heteroatoms. The van der Waals surface area contributed by atoms with E-state index in [1.54, 1.807) is 6.07 Å². The second-order valence-corrected chi connectivity index (χ2v) is 4.34. The van der Waals surface area contributed by atoms with Gasteiger partial charge in [-0.15, -0.1) is 0 Å². The first kappa shape index (κ1) is 11.7. The third-order valence-electron chi connectivity index (χ3n) is 2.32. The first-order valence-electron chi connectivity index (χ1n) is 4.77. The Balaban J connectivity index is 2.72. The molecule has 0 heterocycles. The van der Waals surface area contributed by atoms with Crippen molar-refractivity contribution in [3.8, 4) is 17.2 Å². The van der Waals surface area contributed by atoms with Gasteiger partial charge in [-0.2, -0.15) is 5.26 Å². The highest BCUT2D eigenvalue weighted by atomic mass is 79.9. The molecule has 0 saturated carbocycles. The molecule has 0 aliphatic rings. The average Bonchev–Trinajstić information content (AvgIpc) is 2.32. The highest BCUT2D eigenvalue weighted by molar-refractivity contribution is 9.10. The molecule has 0 amide bonds. The van der Waals surface area contributed by atoms with Crippen molar-refractivity contribution in [3.05, 3.63) is 58.1 Å². The Labute approximate surface area is 105 Å². The SMILES string of the molecule is N#Cc1ccc(F)cc1-c1cc(Br)ccc1F. The summed E-state index contributed by atoms with van der Waals surface area (Å²) in [5.41, 5.74) is 0.699. The van der Waals surface area contributed by atoms with Crippen molar-refractivity contribution in [1.29, 1.82) is 5.26 Å². The van der Waals surface area contributed by atoms with Crippen molar-refractivity contribution in [2.24, 2.45) is 0 Å². The van der Waals surface area contributed by atoms with E-state index in [9.17, 15) is 8.78 Å². The minimum absolute atomic E-state index is 0.204. The van der Waals surface area contributed by atoms with Gasteiger partial charge in [-0.05, 0) is 36.4 Å². The zero-order valence-corrected chi connectivity index (χ0v) is 10.1. The first-order chi connectivity index (χ1) is 8.11. The Bertz CT molecular complexity index is 617. The first-order valence-corrected chi connectivity index (χ1v) is 5.56. The maximum atomic E-state index is 13.7. The summed E-state index contributed by atoms with van der Waals surface area (Å²) in [4.78, 5) is 0.